The van der Waals surface area contributed by atoms with Gasteiger partial charge in [0.15, 0.2) is 0 Å². The number of hydrogen-bond acceptors (Lipinski definition) is 2. The minimum atomic E-state index is -4.51. The predicted molar refractivity (Wildman–Crippen MR) is 70.5 cm³/mol. The molecule has 22 heavy (non-hydrogen) atoms. The zero-order valence-corrected chi connectivity index (χ0v) is 11.7. The lowest BCUT2D eigenvalue weighted by atomic mass is 10.1. The monoisotopic (exact) mass is 318 g/mol. The SMILES string of the molecule is Cc1ccc(NC(=O)C2CC(=O)N(CC(F)(F)F)C2)c(F)c1. The van der Waals surface area contributed by atoms with Gasteiger partial charge in [-0.05, 0) is 24.6 Å². The van der Waals surface area contributed by atoms with E-state index in [9.17, 15) is 27.2 Å². The molecule has 1 unspecified atom stereocenters. The molecule has 0 spiro atoms. The van der Waals surface area contributed by atoms with Gasteiger partial charge in [-0.3, -0.25) is 9.59 Å². The van der Waals surface area contributed by atoms with Crippen molar-refractivity contribution in [1.29, 1.82) is 0 Å². The van der Waals surface area contributed by atoms with Gasteiger partial charge in [0.25, 0.3) is 0 Å². The average Bonchev–Trinajstić information content (AvgIpc) is 2.72. The van der Waals surface area contributed by atoms with E-state index in [2.05, 4.69) is 5.32 Å². The maximum absolute atomic E-state index is 13.6. The van der Waals surface area contributed by atoms with Crippen LogP contribution in [0.3, 0.4) is 0 Å². The zero-order chi connectivity index (χ0) is 16.5. The highest BCUT2D eigenvalue weighted by Gasteiger charge is 2.40. The molecular formula is C14H14F4N2O2. The standard InChI is InChI=1S/C14H14F4N2O2/c1-8-2-3-11(10(15)4-8)19-13(22)9-5-12(21)20(6-9)7-14(16,17)18/h2-4,9H,5-7H2,1H3,(H,19,22). The minimum Gasteiger partial charge on any atom is -0.333 e. The highest BCUT2D eigenvalue weighted by molar-refractivity contribution is 5.97. The second-order valence-corrected chi connectivity index (χ2v) is 5.26. The fraction of sp³-hybridized carbons (Fsp3) is 0.429. The normalized spacial score (nSPS) is 18.7. The highest BCUT2D eigenvalue weighted by atomic mass is 19.4. The molecule has 0 bridgehead atoms. The molecule has 1 atom stereocenters. The lowest BCUT2D eigenvalue weighted by Gasteiger charge is -2.18. The van der Waals surface area contributed by atoms with Crippen molar-refractivity contribution in [2.24, 2.45) is 5.92 Å². The Balaban J connectivity index is 2.01. The Morgan fingerprint density at radius 1 is 1.41 bits per heavy atom. The van der Waals surface area contributed by atoms with Gasteiger partial charge in [0.05, 0.1) is 11.6 Å². The van der Waals surface area contributed by atoms with E-state index in [4.69, 9.17) is 0 Å². The first-order valence-corrected chi connectivity index (χ1v) is 6.57. The summed E-state index contributed by atoms with van der Waals surface area (Å²) in [4.78, 5) is 24.1. The number of anilines is 1. The maximum atomic E-state index is 13.6. The van der Waals surface area contributed by atoms with Gasteiger partial charge in [-0.15, -0.1) is 0 Å². The number of carbonyl (C=O) groups excluding carboxylic acids is 2. The Bertz CT molecular complexity index is 601. The van der Waals surface area contributed by atoms with Crippen LogP contribution in [0.2, 0.25) is 0 Å². The number of aryl methyl sites for hydroxylation is 1. The van der Waals surface area contributed by atoms with Gasteiger partial charge in [0, 0.05) is 13.0 Å². The number of benzene rings is 1. The first kappa shape index (κ1) is 16.3. The molecule has 8 heteroatoms. The van der Waals surface area contributed by atoms with Crippen LogP contribution in [0.5, 0.6) is 0 Å². The Morgan fingerprint density at radius 2 is 2.09 bits per heavy atom. The third-order valence-corrected chi connectivity index (χ3v) is 3.34. The first-order valence-electron chi connectivity index (χ1n) is 6.57. The summed E-state index contributed by atoms with van der Waals surface area (Å²) in [7, 11) is 0. The fourth-order valence-electron chi connectivity index (χ4n) is 2.27. The van der Waals surface area contributed by atoms with E-state index in [1.165, 1.54) is 12.1 Å². The molecular weight excluding hydrogens is 304 g/mol. The van der Waals surface area contributed by atoms with Gasteiger partial charge in [-0.2, -0.15) is 13.2 Å². The van der Waals surface area contributed by atoms with Gasteiger partial charge in [-0.25, -0.2) is 4.39 Å². The van der Waals surface area contributed by atoms with Crippen LogP contribution in [-0.4, -0.2) is 36.0 Å². The number of likely N-dealkylation sites (tertiary alicyclic amines) is 1. The quantitative estimate of drug-likeness (QED) is 0.871. The summed E-state index contributed by atoms with van der Waals surface area (Å²) in [5.74, 6) is -2.96. The van der Waals surface area contributed by atoms with Crippen molar-refractivity contribution in [2.45, 2.75) is 19.5 Å². The average molecular weight is 318 g/mol. The van der Waals surface area contributed by atoms with Crippen LogP contribution < -0.4 is 5.32 Å². The molecule has 120 valence electrons. The highest BCUT2D eigenvalue weighted by Crippen LogP contribution is 2.25. The van der Waals surface area contributed by atoms with E-state index in [1.807, 2.05) is 0 Å². The van der Waals surface area contributed by atoms with Crippen molar-refractivity contribution < 1.29 is 27.2 Å². The van der Waals surface area contributed by atoms with Crippen LogP contribution >= 0.6 is 0 Å². The summed E-state index contributed by atoms with van der Waals surface area (Å²) in [6.07, 6.45) is -4.82. The zero-order valence-electron chi connectivity index (χ0n) is 11.7. The van der Waals surface area contributed by atoms with Crippen LogP contribution in [0, 0.1) is 18.7 Å². The molecule has 0 aliphatic carbocycles. The number of amides is 2. The van der Waals surface area contributed by atoms with Crippen LogP contribution in [0.1, 0.15) is 12.0 Å². The van der Waals surface area contributed by atoms with Crippen molar-refractivity contribution >= 4 is 17.5 Å². The van der Waals surface area contributed by atoms with Gasteiger partial charge in [-0.1, -0.05) is 6.07 Å². The van der Waals surface area contributed by atoms with E-state index in [0.717, 1.165) is 0 Å². The summed E-state index contributed by atoms with van der Waals surface area (Å²) in [6.45, 7) is -0.0223. The Hall–Kier alpha value is -2.12. The number of nitrogens with one attached hydrogen (secondary N) is 1. The molecule has 2 amide bonds. The smallest absolute Gasteiger partial charge is 0.333 e. The maximum Gasteiger partial charge on any atom is 0.406 e. The van der Waals surface area contributed by atoms with E-state index in [1.54, 1.807) is 13.0 Å². The van der Waals surface area contributed by atoms with Crippen molar-refractivity contribution in [3.63, 3.8) is 0 Å². The molecule has 1 aliphatic heterocycles. The minimum absolute atomic E-state index is 0.0580. The van der Waals surface area contributed by atoms with E-state index in [-0.39, 0.29) is 18.7 Å². The molecule has 0 radical (unpaired) electrons. The van der Waals surface area contributed by atoms with Gasteiger partial charge >= 0.3 is 6.18 Å². The van der Waals surface area contributed by atoms with Crippen LogP contribution in [0.25, 0.3) is 0 Å². The third-order valence-electron chi connectivity index (χ3n) is 3.34. The predicted octanol–water partition coefficient (Wildman–Crippen LogP) is 2.48. The molecule has 1 aromatic carbocycles. The molecule has 1 fully saturated rings. The second kappa shape index (κ2) is 5.94. The fourth-order valence-corrected chi connectivity index (χ4v) is 2.27. The Kier molecular flexibility index (Phi) is 4.39. The number of alkyl halides is 3. The van der Waals surface area contributed by atoms with Crippen molar-refractivity contribution in [2.75, 3.05) is 18.4 Å². The topological polar surface area (TPSA) is 49.4 Å². The number of hydrogen-bond donors (Lipinski definition) is 1. The molecule has 1 N–H and O–H groups in total. The molecule has 1 heterocycles. The number of rotatable bonds is 3. The van der Waals surface area contributed by atoms with Gasteiger partial charge in [0.1, 0.15) is 12.4 Å². The first-order chi connectivity index (χ1) is 10.2. The lowest BCUT2D eigenvalue weighted by molar-refractivity contribution is -0.157. The van der Waals surface area contributed by atoms with Gasteiger partial charge in [0.2, 0.25) is 11.8 Å². The molecule has 1 saturated heterocycles. The molecule has 0 aromatic heterocycles. The summed E-state index contributed by atoms with van der Waals surface area (Å²) in [6, 6.07) is 4.19. The van der Waals surface area contributed by atoms with Crippen LogP contribution in [0.15, 0.2) is 18.2 Å². The van der Waals surface area contributed by atoms with Crippen molar-refractivity contribution in [1.82, 2.24) is 4.90 Å². The lowest BCUT2D eigenvalue weighted by Crippen LogP contribution is -2.36. The molecule has 1 aliphatic rings. The van der Waals surface area contributed by atoms with Crippen molar-refractivity contribution in [3.8, 4) is 0 Å². The molecule has 1 aromatic rings. The molecule has 2 rings (SSSR count). The largest absolute Gasteiger partial charge is 0.406 e. The number of halogens is 4. The number of carbonyl (C=O) groups is 2. The summed E-state index contributed by atoms with van der Waals surface area (Å²) in [5.41, 5.74) is 0.611. The van der Waals surface area contributed by atoms with Crippen molar-refractivity contribution in [3.05, 3.63) is 29.6 Å². The summed E-state index contributed by atoms with van der Waals surface area (Å²) >= 11 is 0. The molecule has 4 nitrogen and oxygen atoms in total. The van der Waals surface area contributed by atoms with Crippen LogP contribution in [0.4, 0.5) is 23.2 Å². The third kappa shape index (κ3) is 3.96. The number of nitrogens with zero attached hydrogens (tertiary/aromatic N) is 1. The molecule has 0 saturated carbocycles. The summed E-state index contributed by atoms with van der Waals surface area (Å²) < 4.78 is 50.5. The Labute approximate surface area is 124 Å². The second-order valence-electron chi connectivity index (χ2n) is 5.26. The van der Waals surface area contributed by atoms with E-state index >= 15 is 0 Å². The van der Waals surface area contributed by atoms with E-state index < -0.39 is 36.3 Å². The van der Waals surface area contributed by atoms with E-state index in [0.29, 0.717) is 10.5 Å². The van der Waals surface area contributed by atoms with Gasteiger partial charge < -0.3 is 10.2 Å². The Morgan fingerprint density at radius 3 is 2.68 bits per heavy atom. The summed E-state index contributed by atoms with van der Waals surface area (Å²) in [5, 5.41) is 2.31. The van der Waals surface area contributed by atoms with Crippen LogP contribution in [-0.2, 0) is 9.59 Å².